The van der Waals surface area contributed by atoms with Gasteiger partial charge in [0.1, 0.15) is 53.9 Å². The highest BCUT2D eigenvalue weighted by Gasteiger charge is 2.46. The molecule has 3 aliphatic rings. The summed E-state index contributed by atoms with van der Waals surface area (Å²) in [6.07, 6.45) is 7.78. The van der Waals surface area contributed by atoms with Crippen LogP contribution in [0.15, 0.2) is 36.4 Å². The largest absolute Gasteiger partial charge is 0.500 e. The smallest absolute Gasteiger partial charge is 0.490 e. The molecule has 256 valence electrons. The van der Waals surface area contributed by atoms with Gasteiger partial charge in [-0.1, -0.05) is 46.1 Å². The van der Waals surface area contributed by atoms with Gasteiger partial charge in [0.05, 0.1) is 19.8 Å². The predicted octanol–water partition coefficient (Wildman–Crippen LogP) is 7.01. The summed E-state index contributed by atoms with van der Waals surface area (Å²) < 4.78 is 54.0. The molecule has 5 rings (SSSR count). The van der Waals surface area contributed by atoms with Crippen LogP contribution in [0, 0.1) is 0 Å². The van der Waals surface area contributed by atoms with E-state index in [1.54, 1.807) is 21.3 Å². The molecule has 2 aromatic carbocycles. The van der Waals surface area contributed by atoms with Crippen LogP contribution in [-0.4, -0.2) is 86.6 Å². The number of aryl methyl sites for hydroxylation is 1. The summed E-state index contributed by atoms with van der Waals surface area (Å²) in [6, 6.07) is 13.2. The average molecular weight is 659 g/mol. The Labute approximate surface area is 276 Å². The first-order valence-corrected chi connectivity index (χ1v) is 19.0. The van der Waals surface area contributed by atoms with E-state index in [0.717, 1.165) is 106 Å². The van der Waals surface area contributed by atoms with Crippen molar-refractivity contribution >= 4 is 8.80 Å². The highest BCUT2D eigenvalue weighted by Crippen LogP contribution is 2.43. The van der Waals surface area contributed by atoms with Gasteiger partial charge in [-0.05, 0) is 68.0 Å². The Bertz CT molecular complexity index is 1260. The van der Waals surface area contributed by atoms with Crippen molar-refractivity contribution in [3.63, 3.8) is 0 Å². The Hall–Kier alpha value is -2.18. The third kappa shape index (κ3) is 8.83. The Morgan fingerprint density at radius 3 is 1.54 bits per heavy atom. The van der Waals surface area contributed by atoms with Crippen LogP contribution < -0.4 is 14.2 Å². The second-order valence-electron chi connectivity index (χ2n) is 13.2. The molecule has 10 heteroatoms. The minimum absolute atomic E-state index is 0.170. The molecule has 0 radical (unpaired) electrons. The molecule has 3 aliphatic heterocycles. The third-order valence-corrected chi connectivity index (χ3v) is 12.3. The van der Waals surface area contributed by atoms with Crippen molar-refractivity contribution in [2.75, 3.05) is 61.0 Å². The number of ether oxygens (including phenoxy) is 6. The topological polar surface area (TPSA) is 93.0 Å². The van der Waals surface area contributed by atoms with Gasteiger partial charge in [-0.25, -0.2) is 0 Å². The van der Waals surface area contributed by atoms with Crippen LogP contribution in [0.4, 0.5) is 0 Å². The summed E-state index contributed by atoms with van der Waals surface area (Å²) in [4.78, 5) is 0. The van der Waals surface area contributed by atoms with E-state index < -0.39 is 8.80 Å². The highest BCUT2D eigenvalue weighted by atomic mass is 28.4. The van der Waals surface area contributed by atoms with Crippen LogP contribution in [0.25, 0.3) is 11.1 Å². The molecular formula is C36H54O9Si. The molecule has 0 aromatic heterocycles. The van der Waals surface area contributed by atoms with Gasteiger partial charge >= 0.3 is 8.80 Å². The van der Waals surface area contributed by atoms with E-state index in [0.29, 0.717) is 19.8 Å². The molecule has 0 bridgehead atoms. The van der Waals surface area contributed by atoms with E-state index in [2.05, 4.69) is 45.0 Å². The molecule has 0 amide bonds. The lowest BCUT2D eigenvalue weighted by Crippen LogP contribution is -2.42. The summed E-state index contributed by atoms with van der Waals surface area (Å²) in [5, 5.41) is 0. The molecule has 46 heavy (non-hydrogen) atoms. The zero-order chi connectivity index (χ0) is 32.7. The molecule has 2 aromatic rings. The monoisotopic (exact) mass is 658 g/mol. The van der Waals surface area contributed by atoms with Gasteiger partial charge in [-0.2, -0.15) is 0 Å². The van der Waals surface area contributed by atoms with Crippen molar-refractivity contribution in [1.82, 2.24) is 0 Å². The van der Waals surface area contributed by atoms with E-state index in [1.807, 2.05) is 12.1 Å². The zero-order valence-electron chi connectivity index (χ0n) is 28.7. The maximum atomic E-state index is 6.57. The van der Waals surface area contributed by atoms with E-state index in [9.17, 15) is 0 Å². The molecule has 3 fully saturated rings. The second kappa shape index (κ2) is 15.4. The molecule has 0 spiro atoms. The summed E-state index contributed by atoms with van der Waals surface area (Å²) in [5.74, 6) is 2.35. The normalized spacial score (nSPS) is 24.9. The van der Waals surface area contributed by atoms with Crippen LogP contribution in [0.2, 0.25) is 6.04 Å². The second-order valence-corrected chi connectivity index (χ2v) is 16.3. The lowest BCUT2D eigenvalue weighted by atomic mass is 9.98. The molecule has 3 unspecified atom stereocenters. The van der Waals surface area contributed by atoms with Crippen molar-refractivity contribution in [2.24, 2.45) is 0 Å². The molecule has 9 nitrogen and oxygen atoms in total. The molecule has 3 saturated heterocycles. The molecule has 0 aliphatic carbocycles. The van der Waals surface area contributed by atoms with Gasteiger partial charge < -0.3 is 41.7 Å². The third-order valence-electron chi connectivity index (χ3n) is 9.42. The van der Waals surface area contributed by atoms with Gasteiger partial charge in [0.25, 0.3) is 0 Å². The molecule has 3 heterocycles. The number of benzene rings is 2. The zero-order valence-corrected chi connectivity index (χ0v) is 29.7. The fourth-order valence-electron chi connectivity index (χ4n) is 6.28. The number of hydrogen-bond donors (Lipinski definition) is 0. The van der Waals surface area contributed by atoms with E-state index in [4.69, 9.17) is 41.7 Å². The molecule has 0 saturated carbocycles. The molecule has 3 atom stereocenters. The number of rotatable bonds is 23. The summed E-state index contributed by atoms with van der Waals surface area (Å²) in [6.45, 7) is 10.3. The van der Waals surface area contributed by atoms with Gasteiger partial charge in [0, 0.05) is 38.5 Å². The van der Waals surface area contributed by atoms with E-state index in [-0.39, 0.29) is 16.8 Å². The van der Waals surface area contributed by atoms with E-state index in [1.165, 1.54) is 5.56 Å². The van der Waals surface area contributed by atoms with Crippen LogP contribution in [0.1, 0.15) is 71.3 Å². The fourth-order valence-corrected chi connectivity index (χ4v) is 8.00. The first-order chi connectivity index (χ1) is 22.3. The predicted molar refractivity (Wildman–Crippen MR) is 179 cm³/mol. The Morgan fingerprint density at radius 2 is 1.09 bits per heavy atom. The van der Waals surface area contributed by atoms with Crippen molar-refractivity contribution in [1.29, 1.82) is 0 Å². The van der Waals surface area contributed by atoms with Crippen molar-refractivity contribution < 1.29 is 41.7 Å². The van der Waals surface area contributed by atoms with Crippen LogP contribution in [-0.2, 0) is 33.9 Å². The van der Waals surface area contributed by atoms with E-state index >= 15 is 0 Å². The summed E-state index contributed by atoms with van der Waals surface area (Å²) in [7, 11) is 2.31. The molecule has 0 N–H and O–H groups in total. The molecular weight excluding hydrogens is 604 g/mol. The van der Waals surface area contributed by atoms with Crippen molar-refractivity contribution in [3.8, 4) is 28.4 Å². The first-order valence-electron chi connectivity index (χ1n) is 17.0. The minimum Gasteiger partial charge on any atom is -0.490 e. The van der Waals surface area contributed by atoms with Crippen molar-refractivity contribution in [3.05, 3.63) is 42.0 Å². The van der Waals surface area contributed by atoms with Crippen LogP contribution in [0.3, 0.4) is 0 Å². The Balaban J connectivity index is 1.45. The van der Waals surface area contributed by atoms with Crippen LogP contribution in [0.5, 0.6) is 17.2 Å². The maximum absolute atomic E-state index is 6.57. The van der Waals surface area contributed by atoms with Crippen LogP contribution >= 0.6 is 0 Å². The van der Waals surface area contributed by atoms with Gasteiger partial charge in [-0.3, -0.25) is 0 Å². The minimum atomic E-state index is -2.66. The van der Waals surface area contributed by atoms with Gasteiger partial charge in [0.15, 0.2) is 0 Å². The lowest BCUT2D eigenvalue weighted by molar-refractivity contribution is 0.123. The number of epoxide rings is 3. The Kier molecular flexibility index (Phi) is 11.7. The van der Waals surface area contributed by atoms with Crippen molar-refractivity contribution in [2.45, 2.75) is 95.0 Å². The van der Waals surface area contributed by atoms with Gasteiger partial charge in [-0.15, -0.1) is 0 Å². The first kappa shape index (κ1) is 35.1. The fraction of sp³-hybridized carbons (Fsp3) is 0.667. The standard InChI is InChI=1S/C36H54O9Si/c1-7-16-34(25-43-34)22-40-29-13-15-33(42-24-36(18-9-3)27-45-36)31(21-29)30-20-28(11-10-19-46(37-4,38-5)39-6)12-14-32(30)41-23-35(17-8-2)26-44-35/h12-15,20-21H,7-11,16-19,22-27H2,1-6H3. The Morgan fingerprint density at radius 1 is 0.630 bits per heavy atom. The van der Waals surface area contributed by atoms with Gasteiger partial charge in [0.2, 0.25) is 0 Å². The SMILES string of the molecule is CCCC1(COc2ccc(OCC3(CCC)CO3)c(-c3cc(CCC[Si](OC)(OC)OC)ccc3OCC3(CCC)CO3)c2)CO1. The average Bonchev–Trinajstić information content (AvgIpc) is 3.99. The summed E-state index contributed by atoms with van der Waals surface area (Å²) >= 11 is 0. The maximum Gasteiger partial charge on any atom is 0.500 e. The highest BCUT2D eigenvalue weighted by molar-refractivity contribution is 6.60. The quantitative estimate of drug-likeness (QED) is 0.0924. The summed E-state index contributed by atoms with van der Waals surface area (Å²) in [5.41, 5.74) is 2.51. The lowest BCUT2D eigenvalue weighted by Gasteiger charge is -2.24. The number of hydrogen-bond acceptors (Lipinski definition) is 9.